The van der Waals surface area contributed by atoms with Crippen LogP contribution in [0.4, 0.5) is 14.9 Å². The van der Waals surface area contributed by atoms with E-state index < -0.39 is 29.8 Å². The molecular weight excluding hydrogens is 331 g/mol. The minimum Gasteiger partial charge on any atom is -0.481 e. The van der Waals surface area contributed by atoms with Gasteiger partial charge in [-0.3, -0.25) is 4.79 Å². The van der Waals surface area contributed by atoms with E-state index in [4.69, 9.17) is 5.11 Å². The summed E-state index contributed by atoms with van der Waals surface area (Å²) in [6, 6.07) is 1.63. The SMILES string of the molecule is Cc1cc(Br)c(F)cc1NC(=O)NC(C)C(C)C(=O)O. The molecule has 20 heavy (non-hydrogen) atoms. The highest BCUT2D eigenvalue weighted by molar-refractivity contribution is 9.10. The van der Waals surface area contributed by atoms with Crippen molar-refractivity contribution in [3.05, 3.63) is 28.0 Å². The minimum atomic E-state index is -0.997. The average Bonchev–Trinajstić information content (AvgIpc) is 2.34. The first-order valence-corrected chi connectivity index (χ1v) is 6.77. The van der Waals surface area contributed by atoms with Crippen LogP contribution in [0.1, 0.15) is 19.4 Å². The first-order chi connectivity index (χ1) is 9.22. The molecule has 0 saturated heterocycles. The van der Waals surface area contributed by atoms with Crippen molar-refractivity contribution in [2.45, 2.75) is 26.8 Å². The third-order valence-electron chi connectivity index (χ3n) is 3.01. The van der Waals surface area contributed by atoms with Crippen LogP contribution in [0.15, 0.2) is 16.6 Å². The van der Waals surface area contributed by atoms with Crippen molar-refractivity contribution < 1.29 is 19.1 Å². The van der Waals surface area contributed by atoms with Gasteiger partial charge in [0.15, 0.2) is 0 Å². The molecule has 0 spiro atoms. The summed E-state index contributed by atoms with van der Waals surface area (Å²) in [6.45, 7) is 4.81. The monoisotopic (exact) mass is 346 g/mol. The average molecular weight is 347 g/mol. The van der Waals surface area contributed by atoms with Crippen molar-refractivity contribution in [3.63, 3.8) is 0 Å². The summed E-state index contributed by atoms with van der Waals surface area (Å²) in [6.07, 6.45) is 0. The van der Waals surface area contributed by atoms with Crippen LogP contribution in [0.3, 0.4) is 0 Å². The van der Waals surface area contributed by atoms with E-state index in [-0.39, 0.29) is 0 Å². The first kappa shape index (κ1) is 16.4. The van der Waals surface area contributed by atoms with Gasteiger partial charge in [-0.1, -0.05) is 0 Å². The number of urea groups is 1. The maximum atomic E-state index is 13.4. The fourth-order valence-corrected chi connectivity index (χ4v) is 1.94. The summed E-state index contributed by atoms with van der Waals surface area (Å²) in [5, 5.41) is 13.8. The first-order valence-electron chi connectivity index (χ1n) is 5.98. The van der Waals surface area contributed by atoms with Gasteiger partial charge < -0.3 is 15.7 Å². The Kier molecular flexibility index (Phi) is 5.50. The number of carbonyl (C=O) groups is 2. The quantitative estimate of drug-likeness (QED) is 0.783. The fourth-order valence-electron chi connectivity index (χ4n) is 1.48. The Morgan fingerprint density at radius 1 is 1.35 bits per heavy atom. The van der Waals surface area contributed by atoms with Crippen molar-refractivity contribution >= 4 is 33.6 Å². The number of carboxylic acids is 1. The van der Waals surface area contributed by atoms with Crippen molar-refractivity contribution in [2.75, 3.05) is 5.32 Å². The Hall–Kier alpha value is -1.63. The number of aliphatic carboxylic acids is 1. The van der Waals surface area contributed by atoms with Crippen LogP contribution in [0, 0.1) is 18.7 Å². The molecule has 1 aromatic rings. The van der Waals surface area contributed by atoms with Crippen LogP contribution in [0.2, 0.25) is 0 Å². The van der Waals surface area contributed by atoms with Crippen LogP contribution in [-0.4, -0.2) is 23.1 Å². The lowest BCUT2D eigenvalue weighted by atomic mass is 10.0. The summed E-state index contributed by atoms with van der Waals surface area (Å²) in [5.74, 6) is -2.20. The number of carbonyl (C=O) groups excluding carboxylic acids is 1. The molecule has 1 rings (SSSR count). The van der Waals surface area contributed by atoms with Crippen molar-refractivity contribution in [2.24, 2.45) is 5.92 Å². The van der Waals surface area contributed by atoms with Gasteiger partial charge in [0.05, 0.1) is 10.4 Å². The van der Waals surface area contributed by atoms with Crippen molar-refractivity contribution in [1.82, 2.24) is 5.32 Å². The second kappa shape index (κ2) is 6.69. The predicted molar refractivity (Wildman–Crippen MR) is 77.3 cm³/mol. The molecule has 0 saturated carbocycles. The lowest BCUT2D eigenvalue weighted by Gasteiger charge is -2.18. The lowest BCUT2D eigenvalue weighted by molar-refractivity contribution is -0.141. The summed E-state index contributed by atoms with van der Waals surface area (Å²) in [4.78, 5) is 22.5. The molecule has 2 atom stereocenters. The molecule has 110 valence electrons. The number of rotatable bonds is 4. The molecule has 0 heterocycles. The van der Waals surface area contributed by atoms with Gasteiger partial charge in [-0.2, -0.15) is 0 Å². The zero-order valence-corrected chi connectivity index (χ0v) is 12.9. The summed E-state index contributed by atoms with van der Waals surface area (Å²) < 4.78 is 13.7. The molecule has 0 aliphatic carbocycles. The largest absolute Gasteiger partial charge is 0.481 e. The number of hydrogen-bond acceptors (Lipinski definition) is 2. The summed E-state index contributed by atoms with van der Waals surface area (Å²) in [5.41, 5.74) is 1.02. The number of carboxylic acid groups (broad SMARTS) is 1. The minimum absolute atomic E-state index is 0.314. The standard InChI is InChI=1S/C13H16BrFN2O3/c1-6-4-9(14)10(15)5-11(6)17-13(20)16-8(3)7(2)12(18)19/h4-5,7-8H,1-3H3,(H,18,19)(H2,16,17,20). The van der Waals surface area contributed by atoms with Gasteiger partial charge >= 0.3 is 12.0 Å². The van der Waals surface area contributed by atoms with Crippen LogP contribution >= 0.6 is 15.9 Å². The number of benzene rings is 1. The highest BCUT2D eigenvalue weighted by atomic mass is 79.9. The highest BCUT2D eigenvalue weighted by Crippen LogP contribution is 2.23. The van der Waals surface area contributed by atoms with Crippen LogP contribution in [-0.2, 0) is 4.79 Å². The molecule has 5 nitrogen and oxygen atoms in total. The molecule has 7 heteroatoms. The van der Waals surface area contributed by atoms with E-state index in [1.165, 1.54) is 13.0 Å². The molecule has 0 aliphatic rings. The number of nitrogens with one attached hydrogen (secondary N) is 2. The van der Waals surface area contributed by atoms with E-state index >= 15 is 0 Å². The Morgan fingerprint density at radius 3 is 2.50 bits per heavy atom. The molecule has 0 aromatic heterocycles. The second-order valence-corrected chi connectivity index (χ2v) is 5.45. The Bertz CT molecular complexity index is 537. The Labute approximate surface area is 124 Å². The van der Waals surface area contributed by atoms with Gasteiger partial charge in [-0.25, -0.2) is 9.18 Å². The van der Waals surface area contributed by atoms with Gasteiger partial charge in [0.25, 0.3) is 0 Å². The van der Waals surface area contributed by atoms with Crippen molar-refractivity contribution in [1.29, 1.82) is 0 Å². The Morgan fingerprint density at radius 2 is 1.95 bits per heavy atom. The molecule has 2 amide bonds. The van der Waals surface area contributed by atoms with Crippen LogP contribution in [0.25, 0.3) is 0 Å². The van der Waals surface area contributed by atoms with E-state index in [0.717, 1.165) is 0 Å². The van der Waals surface area contributed by atoms with Crippen LogP contribution < -0.4 is 10.6 Å². The second-order valence-electron chi connectivity index (χ2n) is 4.60. The van der Waals surface area contributed by atoms with E-state index in [1.807, 2.05) is 0 Å². The Balaban J connectivity index is 2.72. The maximum absolute atomic E-state index is 13.4. The van der Waals surface area contributed by atoms with E-state index in [0.29, 0.717) is 15.7 Å². The topological polar surface area (TPSA) is 78.4 Å². The molecule has 0 bridgehead atoms. The van der Waals surface area contributed by atoms with Gasteiger partial charge in [-0.15, -0.1) is 0 Å². The van der Waals surface area contributed by atoms with Crippen LogP contribution in [0.5, 0.6) is 0 Å². The zero-order valence-electron chi connectivity index (χ0n) is 11.3. The molecule has 0 aliphatic heterocycles. The normalized spacial score (nSPS) is 13.4. The zero-order chi connectivity index (χ0) is 15.4. The van der Waals surface area contributed by atoms with Gasteiger partial charge in [0.2, 0.25) is 0 Å². The van der Waals surface area contributed by atoms with E-state index in [9.17, 15) is 14.0 Å². The predicted octanol–water partition coefficient (Wildman–Crippen LogP) is 3.13. The molecule has 1 aromatic carbocycles. The fraction of sp³-hybridized carbons (Fsp3) is 0.385. The molecule has 2 unspecified atom stereocenters. The maximum Gasteiger partial charge on any atom is 0.319 e. The third kappa shape index (κ3) is 4.19. The van der Waals surface area contributed by atoms with Gasteiger partial charge in [0, 0.05) is 11.7 Å². The number of hydrogen-bond donors (Lipinski definition) is 3. The highest BCUT2D eigenvalue weighted by Gasteiger charge is 2.21. The molecule has 0 fully saturated rings. The van der Waals surface area contributed by atoms with Gasteiger partial charge in [0.1, 0.15) is 5.82 Å². The lowest BCUT2D eigenvalue weighted by Crippen LogP contribution is -2.42. The van der Waals surface area contributed by atoms with E-state index in [2.05, 4.69) is 26.6 Å². The molecule has 3 N–H and O–H groups in total. The summed E-state index contributed by atoms with van der Waals surface area (Å²) >= 11 is 3.05. The molecule has 0 radical (unpaired) electrons. The van der Waals surface area contributed by atoms with Crippen molar-refractivity contribution in [3.8, 4) is 0 Å². The molecular formula is C13H16BrFN2O3. The third-order valence-corrected chi connectivity index (χ3v) is 3.62. The van der Waals surface area contributed by atoms with E-state index in [1.54, 1.807) is 19.9 Å². The number of aryl methyl sites for hydroxylation is 1. The van der Waals surface area contributed by atoms with Gasteiger partial charge in [-0.05, 0) is 54.4 Å². The summed E-state index contributed by atoms with van der Waals surface area (Å²) in [7, 11) is 0. The number of anilines is 1. The number of halogens is 2. The number of amides is 2. The smallest absolute Gasteiger partial charge is 0.319 e.